The van der Waals surface area contributed by atoms with E-state index in [1.165, 1.54) is 17.1 Å². The van der Waals surface area contributed by atoms with E-state index in [1.54, 1.807) is 0 Å². The molecule has 0 saturated heterocycles. The smallest absolute Gasteiger partial charge is 0.341 e. The van der Waals surface area contributed by atoms with Crippen LogP contribution in [0.3, 0.4) is 0 Å². The Morgan fingerprint density at radius 3 is 2.74 bits per heavy atom. The number of H-pyrrole nitrogens is 1. The molecule has 4 rings (SSSR count). The summed E-state index contributed by atoms with van der Waals surface area (Å²) in [4.78, 5) is 28.5. The molecule has 1 aromatic carbocycles. The van der Waals surface area contributed by atoms with Gasteiger partial charge >= 0.3 is 5.97 Å². The maximum absolute atomic E-state index is 12.2. The van der Waals surface area contributed by atoms with E-state index in [9.17, 15) is 14.7 Å². The average Bonchev–Trinajstić information content (AvgIpc) is 3.19. The third kappa shape index (κ3) is 2.77. The number of aromatic nitrogens is 2. The lowest BCUT2D eigenvalue weighted by Gasteiger charge is -2.22. The Hall–Kier alpha value is -2.86. The zero-order valence-corrected chi connectivity index (χ0v) is 15.7. The van der Waals surface area contributed by atoms with E-state index in [0.717, 1.165) is 29.5 Å². The number of carboxylic acid groups (broad SMARTS) is 1. The van der Waals surface area contributed by atoms with Crippen molar-refractivity contribution in [3.63, 3.8) is 0 Å². The molecule has 0 saturated carbocycles. The van der Waals surface area contributed by atoms with Gasteiger partial charge in [0.15, 0.2) is 0 Å². The quantitative estimate of drug-likeness (QED) is 0.744. The minimum Gasteiger partial charge on any atom is -0.477 e. The van der Waals surface area contributed by atoms with Gasteiger partial charge in [0.1, 0.15) is 5.56 Å². The molecule has 6 nitrogen and oxygen atoms in total. The second kappa shape index (κ2) is 6.39. The van der Waals surface area contributed by atoms with Crippen LogP contribution >= 0.6 is 0 Å². The number of benzene rings is 1. The maximum Gasteiger partial charge on any atom is 0.341 e. The number of rotatable bonds is 4. The molecule has 6 heteroatoms. The van der Waals surface area contributed by atoms with Gasteiger partial charge in [0.2, 0.25) is 0 Å². The van der Waals surface area contributed by atoms with Crippen LogP contribution in [0.2, 0.25) is 0 Å². The monoisotopic (exact) mass is 365 g/mol. The molecule has 0 fully saturated rings. The molecule has 1 unspecified atom stereocenters. The highest BCUT2D eigenvalue weighted by Crippen LogP contribution is 2.36. The molecule has 27 heavy (non-hydrogen) atoms. The Morgan fingerprint density at radius 2 is 2.07 bits per heavy atom. The number of hydrogen-bond donors (Lipinski definition) is 2. The van der Waals surface area contributed by atoms with Crippen molar-refractivity contribution in [2.75, 3.05) is 14.1 Å². The summed E-state index contributed by atoms with van der Waals surface area (Å²) in [5.41, 5.74) is 4.11. The summed E-state index contributed by atoms with van der Waals surface area (Å²) >= 11 is 0. The maximum atomic E-state index is 12.2. The van der Waals surface area contributed by atoms with Gasteiger partial charge < -0.3 is 14.7 Å². The lowest BCUT2D eigenvalue weighted by Crippen LogP contribution is -2.22. The van der Waals surface area contributed by atoms with Gasteiger partial charge in [-0.1, -0.05) is 19.1 Å². The van der Waals surface area contributed by atoms with Crippen LogP contribution in [0.1, 0.15) is 41.1 Å². The van der Waals surface area contributed by atoms with Gasteiger partial charge in [0, 0.05) is 11.3 Å². The van der Waals surface area contributed by atoms with Crippen LogP contribution in [0.5, 0.6) is 0 Å². The predicted octanol–water partition coefficient (Wildman–Crippen LogP) is 3.26. The van der Waals surface area contributed by atoms with Crippen molar-refractivity contribution in [1.29, 1.82) is 0 Å². The summed E-state index contributed by atoms with van der Waals surface area (Å²) in [6, 6.07) is 9.90. The van der Waals surface area contributed by atoms with Crippen molar-refractivity contribution in [3.8, 4) is 11.3 Å². The molecule has 2 aromatic heterocycles. The first-order valence-electron chi connectivity index (χ1n) is 9.21. The van der Waals surface area contributed by atoms with Gasteiger partial charge in [0.25, 0.3) is 5.56 Å². The van der Waals surface area contributed by atoms with Crippen molar-refractivity contribution in [2.45, 2.75) is 32.4 Å². The number of pyridine rings is 1. The summed E-state index contributed by atoms with van der Waals surface area (Å²) < 4.78 is 2.37. The average molecular weight is 365 g/mol. The largest absolute Gasteiger partial charge is 0.477 e. The first-order chi connectivity index (χ1) is 12.9. The van der Waals surface area contributed by atoms with Crippen LogP contribution in [-0.2, 0) is 12.8 Å². The molecule has 0 aliphatic carbocycles. The number of aromatic carboxylic acids is 1. The predicted molar refractivity (Wildman–Crippen MR) is 105 cm³/mol. The van der Waals surface area contributed by atoms with Crippen LogP contribution in [0.4, 0.5) is 0 Å². The lowest BCUT2D eigenvalue weighted by molar-refractivity contribution is 0.0695. The summed E-state index contributed by atoms with van der Waals surface area (Å²) in [5, 5.41) is 10.4. The van der Waals surface area contributed by atoms with Crippen molar-refractivity contribution in [3.05, 3.63) is 57.5 Å². The van der Waals surface area contributed by atoms with E-state index >= 15 is 0 Å². The van der Waals surface area contributed by atoms with E-state index in [4.69, 9.17) is 0 Å². The molecule has 0 spiro atoms. The SMILES string of the molecule is CCc1cc(C(=O)O)c(=O)[nH]c1-c1ccc2cc3n(c2c1)C(N(C)C)CC3. The minimum absolute atomic E-state index is 0.215. The molecule has 1 aliphatic rings. The van der Waals surface area contributed by atoms with E-state index in [1.807, 2.05) is 13.0 Å². The number of carbonyl (C=O) groups is 1. The number of carboxylic acids is 1. The molecule has 3 aromatic rings. The van der Waals surface area contributed by atoms with Crippen molar-refractivity contribution >= 4 is 16.9 Å². The highest BCUT2D eigenvalue weighted by atomic mass is 16.4. The number of nitrogens with one attached hydrogen (secondary N) is 1. The van der Waals surface area contributed by atoms with Crippen molar-refractivity contribution in [1.82, 2.24) is 14.5 Å². The second-order valence-corrected chi connectivity index (χ2v) is 7.33. The zero-order chi connectivity index (χ0) is 19.3. The third-order valence-electron chi connectivity index (χ3n) is 5.50. The van der Waals surface area contributed by atoms with Gasteiger partial charge in [-0.3, -0.25) is 9.69 Å². The molecule has 3 heterocycles. The first-order valence-corrected chi connectivity index (χ1v) is 9.21. The number of nitrogens with zero attached hydrogens (tertiary/aromatic N) is 2. The van der Waals surface area contributed by atoms with Crippen LogP contribution in [0.25, 0.3) is 22.2 Å². The van der Waals surface area contributed by atoms with Gasteiger partial charge in [-0.15, -0.1) is 0 Å². The highest BCUT2D eigenvalue weighted by molar-refractivity contribution is 5.89. The fourth-order valence-electron chi connectivity index (χ4n) is 4.14. The van der Waals surface area contributed by atoms with Crippen molar-refractivity contribution in [2.24, 2.45) is 0 Å². The second-order valence-electron chi connectivity index (χ2n) is 7.33. The van der Waals surface area contributed by atoms with Gasteiger partial charge in [-0.25, -0.2) is 4.79 Å². The molecule has 2 N–H and O–H groups in total. The molecule has 0 radical (unpaired) electrons. The highest BCUT2D eigenvalue weighted by Gasteiger charge is 2.26. The van der Waals surface area contributed by atoms with E-state index in [2.05, 4.69) is 46.7 Å². The molecule has 0 amide bonds. The van der Waals surface area contributed by atoms with Gasteiger partial charge in [-0.05, 0) is 62.5 Å². The topological polar surface area (TPSA) is 78.3 Å². The minimum atomic E-state index is -1.20. The molecule has 1 aliphatic heterocycles. The zero-order valence-electron chi connectivity index (χ0n) is 15.7. The number of aromatic amines is 1. The molecular weight excluding hydrogens is 342 g/mol. The number of aryl methyl sites for hydroxylation is 2. The Labute approximate surface area is 157 Å². The Kier molecular flexibility index (Phi) is 4.15. The Bertz CT molecular complexity index is 1110. The fraction of sp³-hybridized carbons (Fsp3) is 0.333. The van der Waals surface area contributed by atoms with Crippen LogP contribution < -0.4 is 5.56 Å². The summed E-state index contributed by atoms with van der Waals surface area (Å²) in [6.07, 6.45) is 3.10. The lowest BCUT2D eigenvalue weighted by atomic mass is 10.0. The van der Waals surface area contributed by atoms with E-state index in [0.29, 0.717) is 18.3 Å². The van der Waals surface area contributed by atoms with E-state index < -0.39 is 11.5 Å². The molecule has 140 valence electrons. The van der Waals surface area contributed by atoms with Crippen LogP contribution in [-0.4, -0.2) is 39.6 Å². The fourth-order valence-corrected chi connectivity index (χ4v) is 4.14. The Balaban J connectivity index is 1.91. The van der Waals surface area contributed by atoms with Crippen molar-refractivity contribution < 1.29 is 9.90 Å². The Morgan fingerprint density at radius 1 is 1.30 bits per heavy atom. The summed E-state index contributed by atoms with van der Waals surface area (Å²) in [6.45, 7) is 1.96. The van der Waals surface area contributed by atoms with Crippen LogP contribution in [0, 0.1) is 0 Å². The molecule has 1 atom stereocenters. The van der Waals surface area contributed by atoms with Gasteiger partial charge in [-0.2, -0.15) is 0 Å². The first kappa shape index (κ1) is 17.5. The summed E-state index contributed by atoms with van der Waals surface area (Å²) in [7, 11) is 4.18. The normalized spacial score (nSPS) is 16.2. The number of hydrogen-bond acceptors (Lipinski definition) is 3. The van der Waals surface area contributed by atoms with Gasteiger partial charge in [0.05, 0.1) is 17.4 Å². The van der Waals surface area contributed by atoms with E-state index in [-0.39, 0.29) is 5.56 Å². The molecular formula is C21H23N3O3. The van der Waals surface area contributed by atoms with Crippen LogP contribution in [0.15, 0.2) is 35.1 Å². The third-order valence-corrected chi connectivity index (χ3v) is 5.50. The summed E-state index contributed by atoms with van der Waals surface area (Å²) in [5.74, 6) is -1.20. The number of fused-ring (bicyclic) bond motifs is 3. The standard InChI is InChI=1S/C21H23N3O3/c1-4-12-10-16(21(26)27)20(25)22-19(12)14-6-5-13-9-15-7-8-18(23(2)3)24(15)17(13)11-14/h5-6,9-11,18H,4,7-8H2,1-3H3,(H,22,25)(H,26,27). The molecule has 0 bridgehead atoms.